The normalized spacial score (nSPS) is 14.7. The topological polar surface area (TPSA) is 85.8 Å². The Morgan fingerprint density at radius 2 is 2.00 bits per heavy atom. The van der Waals surface area contributed by atoms with Gasteiger partial charge >= 0.3 is 0 Å². The number of aryl methyl sites for hydroxylation is 2. The Morgan fingerprint density at radius 1 is 1.20 bits per heavy atom. The summed E-state index contributed by atoms with van der Waals surface area (Å²) in [7, 11) is 0. The number of hydrogen-bond donors (Lipinski definition) is 2. The maximum Gasteiger partial charge on any atom is 0.251 e. The Hall–Kier alpha value is -2.68. The number of aliphatic imine (C=N–C) groups is 1. The van der Waals surface area contributed by atoms with E-state index in [0.29, 0.717) is 18.7 Å². The summed E-state index contributed by atoms with van der Waals surface area (Å²) in [5, 5.41) is 7.32. The molecule has 1 saturated heterocycles. The fourth-order valence-electron chi connectivity index (χ4n) is 3.27. The minimum absolute atomic E-state index is 0.0592. The standard InChI is InChI=1S/C21H31N7OS/c1-4-18-25-21(30-26-18)28-13-11-27(12-14-28)20(22-5-2)24-10-9-23-19(29)17-8-6-7-16(3)15-17/h6-8,15H,4-5,9-14H2,1-3H3,(H,22,24)(H,23,29). The van der Waals surface area contributed by atoms with Gasteiger partial charge in [0.15, 0.2) is 5.96 Å². The lowest BCUT2D eigenvalue weighted by Crippen LogP contribution is -2.52. The highest BCUT2D eigenvalue weighted by atomic mass is 32.1. The van der Waals surface area contributed by atoms with E-state index in [1.54, 1.807) is 0 Å². The number of amides is 1. The van der Waals surface area contributed by atoms with Crippen molar-refractivity contribution in [3.05, 3.63) is 41.2 Å². The molecule has 2 aromatic rings. The molecule has 0 bridgehead atoms. The Bertz CT molecular complexity index is 859. The van der Waals surface area contributed by atoms with Crippen molar-refractivity contribution in [2.75, 3.05) is 50.7 Å². The van der Waals surface area contributed by atoms with E-state index in [-0.39, 0.29) is 5.91 Å². The van der Waals surface area contributed by atoms with Crippen LogP contribution in [0.4, 0.5) is 5.13 Å². The minimum Gasteiger partial charge on any atom is -0.357 e. The number of carbonyl (C=O) groups is 1. The fourth-order valence-corrected chi connectivity index (χ4v) is 4.07. The second-order valence-electron chi connectivity index (χ2n) is 7.18. The highest BCUT2D eigenvalue weighted by Gasteiger charge is 2.22. The molecule has 9 heteroatoms. The zero-order valence-electron chi connectivity index (χ0n) is 18.0. The zero-order valence-corrected chi connectivity index (χ0v) is 18.8. The van der Waals surface area contributed by atoms with Crippen molar-refractivity contribution in [3.63, 3.8) is 0 Å². The monoisotopic (exact) mass is 429 g/mol. The lowest BCUT2D eigenvalue weighted by Gasteiger charge is -2.36. The van der Waals surface area contributed by atoms with Gasteiger partial charge in [-0.3, -0.25) is 9.79 Å². The Balaban J connectivity index is 1.49. The maximum absolute atomic E-state index is 12.3. The van der Waals surface area contributed by atoms with E-state index in [1.165, 1.54) is 11.5 Å². The van der Waals surface area contributed by atoms with Gasteiger partial charge in [-0.05, 0) is 26.0 Å². The molecule has 0 unspecified atom stereocenters. The first-order chi connectivity index (χ1) is 14.6. The van der Waals surface area contributed by atoms with Crippen LogP contribution in [0.3, 0.4) is 0 Å². The van der Waals surface area contributed by atoms with E-state index in [0.717, 1.165) is 61.6 Å². The molecule has 1 amide bonds. The van der Waals surface area contributed by atoms with E-state index >= 15 is 0 Å². The smallest absolute Gasteiger partial charge is 0.251 e. The van der Waals surface area contributed by atoms with Crippen LogP contribution in [0.1, 0.15) is 35.6 Å². The molecular weight excluding hydrogens is 398 g/mol. The second-order valence-corrected chi connectivity index (χ2v) is 7.91. The van der Waals surface area contributed by atoms with Crippen molar-refractivity contribution in [2.24, 2.45) is 4.99 Å². The number of guanidine groups is 1. The van der Waals surface area contributed by atoms with Crippen LogP contribution in [-0.2, 0) is 6.42 Å². The number of hydrogen-bond acceptors (Lipinski definition) is 6. The van der Waals surface area contributed by atoms with Gasteiger partial charge in [0.1, 0.15) is 5.82 Å². The molecule has 30 heavy (non-hydrogen) atoms. The summed E-state index contributed by atoms with van der Waals surface area (Å²) in [6, 6.07) is 7.60. The van der Waals surface area contributed by atoms with Crippen molar-refractivity contribution < 1.29 is 4.79 Å². The third kappa shape index (κ3) is 5.91. The molecule has 3 rings (SSSR count). The predicted molar refractivity (Wildman–Crippen MR) is 123 cm³/mol. The van der Waals surface area contributed by atoms with Gasteiger partial charge in [-0.2, -0.15) is 4.37 Å². The quantitative estimate of drug-likeness (QED) is 0.397. The molecule has 0 atom stereocenters. The maximum atomic E-state index is 12.3. The van der Waals surface area contributed by atoms with E-state index in [4.69, 9.17) is 4.99 Å². The summed E-state index contributed by atoms with van der Waals surface area (Å²) >= 11 is 1.48. The van der Waals surface area contributed by atoms with E-state index in [1.807, 2.05) is 31.2 Å². The average molecular weight is 430 g/mol. The van der Waals surface area contributed by atoms with Crippen LogP contribution in [0.2, 0.25) is 0 Å². The van der Waals surface area contributed by atoms with Crippen LogP contribution in [-0.4, -0.2) is 71.9 Å². The molecule has 8 nitrogen and oxygen atoms in total. The van der Waals surface area contributed by atoms with E-state index in [9.17, 15) is 4.79 Å². The lowest BCUT2D eigenvalue weighted by molar-refractivity contribution is 0.0954. The molecule has 1 aliphatic heterocycles. The molecule has 0 radical (unpaired) electrons. The van der Waals surface area contributed by atoms with Crippen molar-refractivity contribution in [3.8, 4) is 0 Å². The van der Waals surface area contributed by atoms with Crippen molar-refractivity contribution >= 4 is 28.5 Å². The molecule has 1 aliphatic rings. The highest BCUT2D eigenvalue weighted by molar-refractivity contribution is 7.09. The highest BCUT2D eigenvalue weighted by Crippen LogP contribution is 2.19. The third-order valence-electron chi connectivity index (χ3n) is 4.90. The van der Waals surface area contributed by atoms with Gasteiger partial charge in [0, 0.05) is 62.8 Å². The van der Waals surface area contributed by atoms with Crippen molar-refractivity contribution in [2.45, 2.75) is 27.2 Å². The number of anilines is 1. The summed E-state index contributed by atoms with van der Waals surface area (Å²) in [6.45, 7) is 11.5. The first-order valence-electron chi connectivity index (χ1n) is 10.6. The van der Waals surface area contributed by atoms with Crippen LogP contribution >= 0.6 is 11.5 Å². The number of nitrogens with zero attached hydrogens (tertiary/aromatic N) is 5. The Labute approximate surface area is 182 Å². The number of carbonyl (C=O) groups excluding carboxylic acids is 1. The summed E-state index contributed by atoms with van der Waals surface area (Å²) in [4.78, 5) is 26.1. The average Bonchev–Trinajstić information content (AvgIpc) is 3.25. The lowest BCUT2D eigenvalue weighted by atomic mass is 10.1. The number of aromatic nitrogens is 2. The number of piperazine rings is 1. The largest absolute Gasteiger partial charge is 0.357 e. The first-order valence-corrected chi connectivity index (χ1v) is 11.3. The van der Waals surface area contributed by atoms with Crippen molar-refractivity contribution in [1.82, 2.24) is 24.9 Å². The molecule has 2 heterocycles. The molecule has 1 fully saturated rings. The van der Waals surface area contributed by atoms with E-state index in [2.05, 4.69) is 43.6 Å². The summed E-state index contributed by atoms with van der Waals surface area (Å²) in [5.74, 6) is 1.75. The zero-order chi connectivity index (χ0) is 21.3. The van der Waals surface area contributed by atoms with Gasteiger partial charge in [-0.25, -0.2) is 4.98 Å². The Morgan fingerprint density at radius 3 is 2.67 bits per heavy atom. The number of nitrogens with one attached hydrogen (secondary N) is 2. The first kappa shape index (κ1) is 22.0. The molecule has 2 N–H and O–H groups in total. The van der Waals surface area contributed by atoms with Crippen molar-refractivity contribution in [1.29, 1.82) is 0 Å². The van der Waals surface area contributed by atoms with Crippen LogP contribution < -0.4 is 15.5 Å². The van der Waals surface area contributed by atoms with Gasteiger partial charge in [0.05, 0.1) is 6.54 Å². The molecular formula is C21H31N7OS. The van der Waals surface area contributed by atoms with Crippen LogP contribution in [0.15, 0.2) is 29.3 Å². The second kappa shape index (κ2) is 10.9. The molecule has 1 aromatic carbocycles. The van der Waals surface area contributed by atoms with Crippen LogP contribution in [0.25, 0.3) is 0 Å². The molecule has 0 aliphatic carbocycles. The molecule has 162 valence electrons. The van der Waals surface area contributed by atoms with Gasteiger partial charge in [-0.15, -0.1) is 0 Å². The Kier molecular flexibility index (Phi) is 8.01. The van der Waals surface area contributed by atoms with Gasteiger partial charge in [-0.1, -0.05) is 24.6 Å². The molecule has 1 aromatic heterocycles. The van der Waals surface area contributed by atoms with Crippen LogP contribution in [0, 0.1) is 6.92 Å². The van der Waals surface area contributed by atoms with Crippen LogP contribution in [0.5, 0.6) is 0 Å². The SMILES string of the molecule is CCNC(=NCCNC(=O)c1cccc(C)c1)N1CCN(c2nc(CC)ns2)CC1. The summed E-state index contributed by atoms with van der Waals surface area (Å²) < 4.78 is 4.39. The van der Waals surface area contributed by atoms with Gasteiger partial charge in [0.25, 0.3) is 5.91 Å². The minimum atomic E-state index is -0.0592. The summed E-state index contributed by atoms with van der Waals surface area (Å²) in [6.07, 6.45) is 0.869. The fraction of sp³-hybridized carbons (Fsp3) is 0.524. The molecule has 0 saturated carbocycles. The number of benzene rings is 1. The summed E-state index contributed by atoms with van der Waals surface area (Å²) in [5.41, 5.74) is 1.76. The van der Waals surface area contributed by atoms with Gasteiger partial charge in [0.2, 0.25) is 5.13 Å². The van der Waals surface area contributed by atoms with E-state index < -0.39 is 0 Å². The molecule has 0 spiro atoms. The number of rotatable bonds is 7. The predicted octanol–water partition coefficient (Wildman–Crippen LogP) is 1.93. The van der Waals surface area contributed by atoms with Gasteiger partial charge < -0.3 is 20.4 Å². The third-order valence-corrected chi connectivity index (χ3v) is 5.71.